The Morgan fingerprint density at radius 2 is 2.17 bits per heavy atom. The highest BCUT2D eigenvalue weighted by molar-refractivity contribution is 5.74. The fraction of sp³-hybridized carbons (Fsp3) is 0.500. The minimum Gasteiger partial charge on any atom is -0.493 e. The molecule has 4 heteroatoms. The van der Waals surface area contributed by atoms with E-state index in [9.17, 15) is 0 Å². The normalized spacial score (nSPS) is 11.3. The van der Waals surface area contributed by atoms with Crippen LogP contribution in [-0.4, -0.2) is 18.1 Å². The maximum absolute atomic E-state index is 5.69. The second kappa shape index (κ2) is 5.87. The van der Waals surface area contributed by atoms with E-state index in [1.807, 2.05) is 18.2 Å². The number of rotatable bonds is 6. The summed E-state index contributed by atoms with van der Waals surface area (Å²) in [7, 11) is 0. The Morgan fingerprint density at radius 1 is 1.33 bits per heavy atom. The van der Waals surface area contributed by atoms with Crippen molar-refractivity contribution in [3.05, 3.63) is 24.1 Å². The van der Waals surface area contributed by atoms with Crippen LogP contribution in [0.25, 0.3) is 11.1 Å². The predicted octanol–water partition coefficient (Wildman–Crippen LogP) is 3.07. The van der Waals surface area contributed by atoms with Gasteiger partial charge in [-0.2, -0.15) is 0 Å². The molecule has 0 atom stereocenters. The van der Waals surface area contributed by atoms with Gasteiger partial charge in [0.05, 0.1) is 6.61 Å². The lowest BCUT2D eigenvalue weighted by Crippen LogP contribution is -2.03. The van der Waals surface area contributed by atoms with Gasteiger partial charge in [0.15, 0.2) is 11.5 Å². The lowest BCUT2D eigenvalue weighted by Gasteiger charge is -2.04. The van der Waals surface area contributed by atoms with E-state index in [1.54, 1.807) is 0 Å². The number of benzene rings is 1. The van der Waals surface area contributed by atoms with E-state index in [0.717, 1.165) is 35.6 Å². The molecule has 0 aliphatic carbocycles. The predicted molar refractivity (Wildman–Crippen MR) is 71.9 cm³/mol. The Labute approximate surface area is 107 Å². The van der Waals surface area contributed by atoms with E-state index in [4.69, 9.17) is 14.9 Å². The first kappa shape index (κ1) is 12.9. The molecule has 98 valence electrons. The number of nitrogens with zero attached hydrogens (tertiary/aromatic N) is 1. The Bertz CT molecular complexity index is 505. The third-order valence-electron chi connectivity index (χ3n) is 2.74. The van der Waals surface area contributed by atoms with Crippen molar-refractivity contribution in [3.63, 3.8) is 0 Å². The van der Waals surface area contributed by atoms with Gasteiger partial charge in [-0.3, -0.25) is 0 Å². The molecule has 0 unspecified atom stereocenters. The molecule has 4 nitrogen and oxygen atoms in total. The van der Waals surface area contributed by atoms with Crippen LogP contribution >= 0.6 is 0 Å². The van der Waals surface area contributed by atoms with Crippen LogP contribution in [0, 0.1) is 0 Å². The molecule has 0 spiro atoms. The van der Waals surface area contributed by atoms with Gasteiger partial charge in [0.25, 0.3) is 0 Å². The molecule has 0 saturated heterocycles. The summed E-state index contributed by atoms with van der Waals surface area (Å²) in [5.41, 5.74) is 7.10. The minimum atomic E-state index is 0.298. The number of ether oxygens (including phenoxy) is 1. The number of fused-ring (bicyclic) bond motifs is 1. The molecule has 0 fully saturated rings. The van der Waals surface area contributed by atoms with Gasteiger partial charge in [-0.25, -0.2) is 4.98 Å². The standard InChI is InChI=1S/C14H20N2O2/c1-10(2)14-16-12-6-5-11(9-13(12)18-14)17-8-4-3-7-15/h5-6,9-10H,3-4,7-8,15H2,1-2H3. The van der Waals surface area contributed by atoms with Gasteiger partial charge in [-0.15, -0.1) is 0 Å². The molecule has 0 aliphatic heterocycles. The van der Waals surface area contributed by atoms with Crippen LogP contribution < -0.4 is 10.5 Å². The van der Waals surface area contributed by atoms with Crippen molar-refractivity contribution in [2.24, 2.45) is 5.73 Å². The zero-order valence-electron chi connectivity index (χ0n) is 11.0. The number of unbranched alkanes of at least 4 members (excludes halogenated alkanes) is 1. The van der Waals surface area contributed by atoms with Crippen molar-refractivity contribution >= 4 is 11.1 Å². The monoisotopic (exact) mass is 248 g/mol. The first-order chi connectivity index (χ1) is 8.70. The number of oxazole rings is 1. The average Bonchev–Trinajstić information content (AvgIpc) is 2.78. The number of aromatic nitrogens is 1. The van der Waals surface area contributed by atoms with Crippen LogP contribution in [0.4, 0.5) is 0 Å². The third-order valence-corrected chi connectivity index (χ3v) is 2.74. The second-order valence-corrected chi connectivity index (χ2v) is 4.68. The summed E-state index contributed by atoms with van der Waals surface area (Å²) in [4.78, 5) is 4.42. The maximum Gasteiger partial charge on any atom is 0.198 e. The van der Waals surface area contributed by atoms with Gasteiger partial charge in [0, 0.05) is 12.0 Å². The SMILES string of the molecule is CC(C)c1nc2ccc(OCCCCN)cc2o1. The summed E-state index contributed by atoms with van der Waals surface area (Å²) in [6, 6.07) is 5.76. The molecule has 0 radical (unpaired) electrons. The summed E-state index contributed by atoms with van der Waals surface area (Å²) in [5, 5.41) is 0. The van der Waals surface area contributed by atoms with Crippen molar-refractivity contribution < 1.29 is 9.15 Å². The third kappa shape index (κ3) is 3.01. The van der Waals surface area contributed by atoms with Crippen LogP contribution in [0.1, 0.15) is 38.5 Å². The highest BCUT2D eigenvalue weighted by atomic mass is 16.5. The minimum absolute atomic E-state index is 0.298. The summed E-state index contributed by atoms with van der Waals surface area (Å²) >= 11 is 0. The summed E-state index contributed by atoms with van der Waals surface area (Å²) in [6.07, 6.45) is 1.96. The molecule has 0 aliphatic rings. The van der Waals surface area contributed by atoms with Crippen molar-refractivity contribution in [1.29, 1.82) is 0 Å². The quantitative estimate of drug-likeness (QED) is 0.798. The van der Waals surface area contributed by atoms with E-state index >= 15 is 0 Å². The maximum atomic E-state index is 5.69. The average molecular weight is 248 g/mol. The fourth-order valence-corrected chi connectivity index (χ4v) is 1.70. The number of hydrogen-bond acceptors (Lipinski definition) is 4. The van der Waals surface area contributed by atoms with Crippen LogP contribution in [-0.2, 0) is 0 Å². The molecule has 2 rings (SSSR count). The van der Waals surface area contributed by atoms with Crippen LogP contribution in [0.3, 0.4) is 0 Å². The van der Waals surface area contributed by atoms with Gasteiger partial charge in [0.1, 0.15) is 11.3 Å². The molecule has 0 saturated carbocycles. The van der Waals surface area contributed by atoms with E-state index in [-0.39, 0.29) is 0 Å². The van der Waals surface area contributed by atoms with Crippen LogP contribution in [0.5, 0.6) is 5.75 Å². The van der Waals surface area contributed by atoms with Gasteiger partial charge in [0.2, 0.25) is 0 Å². The topological polar surface area (TPSA) is 61.3 Å². The van der Waals surface area contributed by atoms with Gasteiger partial charge in [-0.1, -0.05) is 13.8 Å². The molecule has 1 heterocycles. The number of nitrogens with two attached hydrogens (primary N) is 1. The highest BCUT2D eigenvalue weighted by Crippen LogP contribution is 2.24. The summed E-state index contributed by atoms with van der Waals surface area (Å²) < 4.78 is 11.3. The Morgan fingerprint density at radius 3 is 2.89 bits per heavy atom. The molecule has 0 bridgehead atoms. The van der Waals surface area contributed by atoms with Crippen molar-refractivity contribution in [2.45, 2.75) is 32.6 Å². The largest absolute Gasteiger partial charge is 0.493 e. The van der Waals surface area contributed by atoms with E-state index < -0.39 is 0 Å². The molecule has 1 aromatic carbocycles. The van der Waals surface area contributed by atoms with Gasteiger partial charge >= 0.3 is 0 Å². The molecule has 18 heavy (non-hydrogen) atoms. The number of hydrogen-bond donors (Lipinski definition) is 1. The van der Waals surface area contributed by atoms with E-state index in [0.29, 0.717) is 19.1 Å². The molecule has 2 aromatic rings. The van der Waals surface area contributed by atoms with E-state index in [2.05, 4.69) is 18.8 Å². The zero-order chi connectivity index (χ0) is 13.0. The lowest BCUT2D eigenvalue weighted by molar-refractivity contribution is 0.308. The highest BCUT2D eigenvalue weighted by Gasteiger charge is 2.09. The summed E-state index contributed by atoms with van der Waals surface area (Å²) in [5.74, 6) is 1.89. The van der Waals surface area contributed by atoms with E-state index in [1.165, 1.54) is 0 Å². The van der Waals surface area contributed by atoms with Crippen molar-refractivity contribution in [1.82, 2.24) is 4.98 Å². The second-order valence-electron chi connectivity index (χ2n) is 4.68. The fourth-order valence-electron chi connectivity index (χ4n) is 1.70. The molecular weight excluding hydrogens is 228 g/mol. The Hall–Kier alpha value is -1.55. The summed E-state index contributed by atoms with van der Waals surface area (Å²) in [6.45, 7) is 5.53. The molecule has 0 amide bonds. The smallest absolute Gasteiger partial charge is 0.198 e. The van der Waals surface area contributed by atoms with Crippen LogP contribution in [0.2, 0.25) is 0 Å². The molecule has 1 aromatic heterocycles. The van der Waals surface area contributed by atoms with Gasteiger partial charge < -0.3 is 14.9 Å². The molecule has 2 N–H and O–H groups in total. The van der Waals surface area contributed by atoms with Crippen LogP contribution in [0.15, 0.2) is 22.6 Å². The Balaban J connectivity index is 2.07. The van der Waals surface area contributed by atoms with Crippen molar-refractivity contribution in [3.8, 4) is 5.75 Å². The van der Waals surface area contributed by atoms with Crippen molar-refractivity contribution in [2.75, 3.05) is 13.2 Å². The zero-order valence-corrected chi connectivity index (χ0v) is 11.0. The van der Waals surface area contributed by atoms with Gasteiger partial charge in [-0.05, 0) is 31.5 Å². The first-order valence-corrected chi connectivity index (χ1v) is 6.44. The first-order valence-electron chi connectivity index (χ1n) is 6.44. The lowest BCUT2D eigenvalue weighted by atomic mass is 10.2. The molecular formula is C14H20N2O2. The Kier molecular flexibility index (Phi) is 4.20.